The number of esters is 1. The molecule has 100 valence electrons. The summed E-state index contributed by atoms with van der Waals surface area (Å²) in [6.07, 6.45) is 0.328. The molecule has 0 heterocycles. The zero-order valence-corrected chi connectivity index (χ0v) is 11.9. The Hall–Kier alpha value is -0.930. The van der Waals surface area contributed by atoms with Crippen molar-refractivity contribution in [3.63, 3.8) is 0 Å². The van der Waals surface area contributed by atoms with Gasteiger partial charge in [-0.05, 0) is 31.0 Å². The smallest absolute Gasteiger partial charge is 0.324 e. The van der Waals surface area contributed by atoms with Crippen LogP contribution in [0.4, 0.5) is 0 Å². The predicted octanol–water partition coefficient (Wildman–Crippen LogP) is 3.54. The molecule has 0 saturated heterocycles. The molecule has 2 atom stereocenters. The highest BCUT2D eigenvalue weighted by atomic mass is 35.5. The Bertz CT molecular complexity index is 378. The van der Waals surface area contributed by atoms with Gasteiger partial charge in [0.05, 0.1) is 19.1 Å². The van der Waals surface area contributed by atoms with Crippen LogP contribution < -0.4 is 4.74 Å². The van der Waals surface area contributed by atoms with Crippen LogP contribution in [-0.4, -0.2) is 25.1 Å². The molecular weight excluding hydrogens is 275 g/mol. The van der Waals surface area contributed by atoms with Gasteiger partial charge in [-0.3, -0.25) is 4.79 Å². The maximum atomic E-state index is 11.4. The molecule has 1 aromatic carbocycles. The Kier molecular flexibility index (Phi) is 6.30. The van der Waals surface area contributed by atoms with E-state index in [4.69, 9.17) is 32.7 Å². The minimum Gasteiger partial charge on any atom is -0.497 e. The summed E-state index contributed by atoms with van der Waals surface area (Å²) in [7, 11) is 1.60. The molecule has 0 amide bonds. The van der Waals surface area contributed by atoms with E-state index in [1.165, 1.54) is 0 Å². The van der Waals surface area contributed by atoms with Gasteiger partial charge < -0.3 is 9.47 Å². The normalized spacial score (nSPS) is 13.8. The third-order valence-electron chi connectivity index (χ3n) is 2.43. The zero-order valence-electron chi connectivity index (χ0n) is 10.4. The van der Waals surface area contributed by atoms with E-state index in [1.807, 2.05) is 24.3 Å². The summed E-state index contributed by atoms with van der Waals surface area (Å²) in [6, 6.07) is 7.34. The monoisotopic (exact) mass is 290 g/mol. The van der Waals surface area contributed by atoms with Gasteiger partial charge in [-0.1, -0.05) is 12.1 Å². The minimum atomic E-state index is -0.727. The Morgan fingerprint density at radius 2 is 1.89 bits per heavy atom. The second kappa shape index (κ2) is 7.49. The maximum Gasteiger partial charge on any atom is 0.324 e. The first-order valence-corrected chi connectivity index (χ1v) is 6.54. The topological polar surface area (TPSA) is 35.5 Å². The third-order valence-corrected chi connectivity index (χ3v) is 3.22. The number of hydrogen-bond acceptors (Lipinski definition) is 3. The molecular formula is C13H16Cl2O3. The van der Waals surface area contributed by atoms with Crippen LogP contribution in [0.1, 0.15) is 24.3 Å². The summed E-state index contributed by atoms with van der Waals surface area (Å²) in [5, 5.41) is -1.06. The first-order valence-electron chi connectivity index (χ1n) is 5.67. The van der Waals surface area contributed by atoms with Gasteiger partial charge >= 0.3 is 5.97 Å². The molecule has 5 heteroatoms. The van der Waals surface area contributed by atoms with Gasteiger partial charge in [0.2, 0.25) is 0 Å². The molecule has 0 aromatic heterocycles. The van der Waals surface area contributed by atoms with Crippen molar-refractivity contribution < 1.29 is 14.3 Å². The molecule has 0 radical (unpaired) electrons. The quantitative estimate of drug-likeness (QED) is 0.594. The van der Waals surface area contributed by atoms with Gasteiger partial charge in [-0.2, -0.15) is 0 Å². The molecule has 0 bridgehead atoms. The molecule has 3 nitrogen and oxygen atoms in total. The van der Waals surface area contributed by atoms with Crippen molar-refractivity contribution in [1.29, 1.82) is 0 Å². The lowest BCUT2D eigenvalue weighted by Crippen LogP contribution is -2.19. The number of carbonyl (C=O) groups is 1. The summed E-state index contributed by atoms with van der Waals surface area (Å²) < 4.78 is 9.88. The fraction of sp³-hybridized carbons (Fsp3) is 0.462. The van der Waals surface area contributed by atoms with E-state index in [0.717, 1.165) is 11.3 Å². The number of carbonyl (C=O) groups excluding carboxylic acids is 1. The lowest BCUT2D eigenvalue weighted by Gasteiger charge is -2.14. The Balaban J connectivity index is 2.58. The Morgan fingerprint density at radius 1 is 1.28 bits per heavy atom. The lowest BCUT2D eigenvalue weighted by atomic mass is 10.1. The number of alkyl halides is 2. The first-order chi connectivity index (χ1) is 8.58. The molecule has 1 aromatic rings. The van der Waals surface area contributed by atoms with Crippen LogP contribution in [0.25, 0.3) is 0 Å². The number of benzene rings is 1. The Labute approximate surface area is 117 Å². The molecule has 0 aliphatic rings. The first kappa shape index (κ1) is 15.1. The van der Waals surface area contributed by atoms with Crippen molar-refractivity contribution >= 4 is 29.2 Å². The van der Waals surface area contributed by atoms with Gasteiger partial charge in [-0.15, -0.1) is 23.2 Å². The van der Waals surface area contributed by atoms with E-state index in [1.54, 1.807) is 14.0 Å². The highest BCUT2D eigenvalue weighted by Gasteiger charge is 2.21. The summed E-state index contributed by atoms with van der Waals surface area (Å²) in [4.78, 5) is 11.4. The van der Waals surface area contributed by atoms with E-state index < -0.39 is 11.3 Å². The van der Waals surface area contributed by atoms with Crippen LogP contribution in [0.3, 0.4) is 0 Å². The summed E-state index contributed by atoms with van der Waals surface area (Å²) in [5.41, 5.74) is 0.896. The van der Waals surface area contributed by atoms with Crippen molar-refractivity contribution in [2.45, 2.75) is 24.1 Å². The summed E-state index contributed by atoms with van der Waals surface area (Å²) in [5.74, 6) is 0.328. The van der Waals surface area contributed by atoms with Crippen LogP contribution >= 0.6 is 23.2 Å². The van der Waals surface area contributed by atoms with Crippen molar-refractivity contribution in [2.24, 2.45) is 0 Å². The van der Waals surface area contributed by atoms with Crippen molar-refractivity contribution in [1.82, 2.24) is 0 Å². The third kappa shape index (κ3) is 4.39. The van der Waals surface area contributed by atoms with Crippen LogP contribution in [-0.2, 0) is 9.53 Å². The Morgan fingerprint density at radius 3 is 2.39 bits per heavy atom. The van der Waals surface area contributed by atoms with E-state index >= 15 is 0 Å². The maximum absolute atomic E-state index is 11.4. The molecule has 2 unspecified atom stereocenters. The number of ether oxygens (including phenoxy) is 2. The standard InChI is InChI=1S/C13H16Cl2O3/c1-3-18-13(16)12(15)8-11(14)9-4-6-10(17-2)7-5-9/h4-7,11-12H,3,8H2,1-2H3. The van der Waals surface area contributed by atoms with E-state index in [9.17, 15) is 4.79 Å². The second-order valence-corrected chi connectivity index (χ2v) is 4.75. The average Bonchev–Trinajstić information content (AvgIpc) is 2.39. The van der Waals surface area contributed by atoms with Crippen LogP contribution in [0.15, 0.2) is 24.3 Å². The van der Waals surface area contributed by atoms with Gasteiger partial charge in [0.25, 0.3) is 0 Å². The lowest BCUT2D eigenvalue weighted by molar-refractivity contribution is -0.142. The fourth-order valence-corrected chi connectivity index (χ4v) is 2.12. The van der Waals surface area contributed by atoms with E-state index in [0.29, 0.717) is 13.0 Å². The predicted molar refractivity (Wildman–Crippen MR) is 72.5 cm³/mol. The van der Waals surface area contributed by atoms with Gasteiger partial charge in [0.1, 0.15) is 11.1 Å². The van der Waals surface area contributed by atoms with Crippen molar-refractivity contribution in [3.05, 3.63) is 29.8 Å². The number of halogens is 2. The summed E-state index contributed by atoms with van der Waals surface area (Å²) >= 11 is 12.1. The SMILES string of the molecule is CCOC(=O)C(Cl)CC(Cl)c1ccc(OC)cc1. The number of rotatable bonds is 6. The summed E-state index contributed by atoms with van der Waals surface area (Å²) in [6.45, 7) is 2.06. The number of methoxy groups -OCH3 is 1. The average molecular weight is 291 g/mol. The highest BCUT2D eigenvalue weighted by molar-refractivity contribution is 6.30. The van der Waals surface area contributed by atoms with Crippen LogP contribution in [0, 0.1) is 0 Å². The molecule has 0 saturated carbocycles. The van der Waals surface area contributed by atoms with Crippen LogP contribution in [0.2, 0.25) is 0 Å². The zero-order chi connectivity index (χ0) is 13.5. The highest BCUT2D eigenvalue weighted by Crippen LogP contribution is 2.29. The van der Waals surface area contributed by atoms with Gasteiger partial charge in [0.15, 0.2) is 0 Å². The molecule has 0 fully saturated rings. The molecule has 0 N–H and O–H groups in total. The molecule has 1 rings (SSSR count). The largest absolute Gasteiger partial charge is 0.497 e. The molecule has 0 aliphatic heterocycles. The molecule has 0 spiro atoms. The van der Waals surface area contributed by atoms with Crippen molar-refractivity contribution in [3.8, 4) is 5.75 Å². The van der Waals surface area contributed by atoms with E-state index in [2.05, 4.69) is 0 Å². The molecule has 18 heavy (non-hydrogen) atoms. The fourth-order valence-electron chi connectivity index (χ4n) is 1.46. The van der Waals surface area contributed by atoms with Crippen LogP contribution in [0.5, 0.6) is 5.75 Å². The second-order valence-electron chi connectivity index (χ2n) is 3.70. The minimum absolute atomic E-state index is 0.317. The van der Waals surface area contributed by atoms with Gasteiger partial charge in [-0.25, -0.2) is 0 Å². The number of hydrogen-bond donors (Lipinski definition) is 0. The van der Waals surface area contributed by atoms with Gasteiger partial charge in [0, 0.05) is 0 Å². The van der Waals surface area contributed by atoms with Crippen molar-refractivity contribution in [2.75, 3.05) is 13.7 Å². The van der Waals surface area contributed by atoms with E-state index in [-0.39, 0.29) is 5.38 Å². The molecule has 0 aliphatic carbocycles.